The highest BCUT2D eigenvalue weighted by Gasteiger charge is 2.50. The topological polar surface area (TPSA) is 44.1 Å². The largest absolute Gasteiger partial charge is 0.489 e. The number of rotatable bonds is 7. The third-order valence-corrected chi connectivity index (χ3v) is 7.05. The number of halogens is 1. The van der Waals surface area contributed by atoms with Crippen molar-refractivity contribution >= 4 is 0 Å². The van der Waals surface area contributed by atoms with Crippen LogP contribution in [-0.4, -0.2) is 17.7 Å². The van der Waals surface area contributed by atoms with E-state index in [9.17, 15) is 4.39 Å². The van der Waals surface area contributed by atoms with E-state index in [1.807, 2.05) is 12.1 Å². The van der Waals surface area contributed by atoms with E-state index in [4.69, 9.17) is 10.5 Å². The Morgan fingerprint density at radius 1 is 1.18 bits per heavy atom. The van der Waals surface area contributed by atoms with Gasteiger partial charge >= 0.3 is 0 Å². The van der Waals surface area contributed by atoms with Gasteiger partial charge in [0.05, 0.1) is 19.9 Å². The first-order valence-corrected chi connectivity index (χ1v) is 10.3. The lowest BCUT2D eigenvalue weighted by molar-refractivity contribution is -0.671. The first-order chi connectivity index (χ1) is 13.6. The molecule has 5 heteroatoms. The first-order valence-electron chi connectivity index (χ1n) is 10.3. The molecule has 5 rings (SSSR count). The summed E-state index contributed by atoms with van der Waals surface area (Å²) in [6.45, 7) is 1.53. The summed E-state index contributed by atoms with van der Waals surface area (Å²) in [5.74, 6) is 0.773. The average molecular weight is 385 g/mol. The molecule has 2 aromatic rings. The lowest BCUT2D eigenvalue weighted by Gasteiger charge is -2.53. The highest BCUT2D eigenvalue weighted by molar-refractivity contribution is 5.34. The molecule has 0 amide bonds. The van der Waals surface area contributed by atoms with E-state index in [1.165, 1.54) is 44.1 Å². The van der Waals surface area contributed by atoms with E-state index in [1.54, 1.807) is 0 Å². The van der Waals surface area contributed by atoms with Crippen LogP contribution in [0, 0.1) is 5.41 Å². The molecule has 150 valence electrons. The number of aromatic nitrogens is 2. The summed E-state index contributed by atoms with van der Waals surface area (Å²) in [4.78, 5) is 0. The van der Waals surface area contributed by atoms with Gasteiger partial charge in [-0.1, -0.05) is 12.1 Å². The monoisotopic (exact) mass is 384 g/mol. The second kappa shape index (κ2) is 7.70. The molecule has 0 unspecified atom stereocenters. The lowest BCUT2D eigenvalue weighted by Crippen LogP contribution is -2.46. The zero-order valence-electron chi connectivity index (χ0n) is 16.7. The van der Waals surface area contributed by atoms with Crippen molar-refractivity contribution in [2.24, 2.45) is 18.2 Å². The smallest absolute Gasteiger partial charge is 0.243 e. The van der Waals surface area contributed by atoms with Crippen LogP contribution < -0.4 is 15.0 Å². The molecule has 0 radical (unpaired) electrons. The SMILES string of the molecule is C[n+]1ccn(CC23CCC(c4ccc(OC/C(=C/F)CN)cc4)(CC2)CC3)c1. The van der Waals surface area contributed by atoms with E-state index in [0.717, 1.165) is 12.3 Å². The molecule has 3 saturated carbocycles. The number of hydrogen-bond acceptors (Lipinski definition) is 2. The molecular formula is C23H31FN3O+. The van der Waals surface area contributed by atoms with Crippen LogP contribution in [0.15, 0.2) is 54.9 Å². The van der Waals surface area contributed by atoms with Crippen LogP contribution in [-0.2, 0) is 19.0 Å². The Morgan fingerprint density at radius 3 is 2.39 bits per heavy atom. The highest BCUT2D eigenvalue weighted by Crippen LogP contribution is 2.58. The summed E-state index contributed by atoms with van der Waals surface area (Å²) in [5, 5.41) is 0. The Balaban J connectivity index is 1.40. The summed E-state index contributed by atoms with van der Waals surface area (Å²) in [5.41, 5.74) is 8.17. The van der Waals surface area contributed by atoms with Crippen molar-refractivity contribution in [3.05, 3.63) is 60.5 Å². The minimum Gasteiger partial charge on any atom is -0.489 e. The van der Waals surface area contributed by atoms with E-state index < -0.39 is 0 Å². The van der Waals surface area contributed by atoms with Gasteiger partial charge in [0.1, 0.15) is 24.8 Å². The molecule has 28 heavy (non-hydrogen) atoms. The summed E-state index contributed by atoms with van der Waals surface area (Å²) < 4.78 is 22.7. The lowest BCUT2D eigenvalue weighted by atomic mass is 9.52. The van der Waals surface area contributed by atoms with Gasteiger partial charge in [-0.05, 0) is 61.6 Å². The summed E-state index contributed by atoms with van der Waals surface area (Å²) in [6, 6.07) is 8.46. The van der Waals surface area contributed by atoms with Crippen molar-refractivity contribution in [2.45, 2.75) is 50.5 Å². The zero-order valence-corrected chi connectivity index (χ0v) is 16.7. The van der Waals surface area contributed by atoms with Gasteiger partial charge in [0.25, 0.3) is 0 Å². The summed E-state index contributed by atoms with van der Waals surface area (Å²) >= 11 is 0. The van der Waals surface area contributed by atoms with Gasteiger partial charge in [0.2, 0.25) is 6.33 Å². The van der Waals surface area contributed by atoms with E-state index in [0.29, 0.717) is 22.7 Å². The van der Waals surface area contributed by atoms with Gasteiger partial charge < -0.3 is 10.5 Å². The Labute approximate surface area is 166 Å². The fourth-order valence-corrected chi connectivity index (χ4v) is 5.13. The number of nitrogens with zero attached hydrogens (tertiary/aromatic N) is 2. The van der Waals surface area contributed by atoms with Crippen molar-refractivity contribution < 1.29 is 13.7 Å². The molecule has 3 aliphatic rings. The van der Waals surface area contributed by atoms with E-state index in [-0.39, 0.29) is 13.2 Å². The Kier molecular flexibility index (Phi) is 5.28. The van der Waals surface area contributed by atoms with Crippen molar-refractivity contribution in [1.82, 2.24) is 4.57 Å². The van der Waals surface area contributed by atoms with Crippen molar-refractivity contribution in [3.8, 4) is 5.75 Å². The number of fused-ring (bicyclic) bond motifs is 3. The minimum atomic E-state index is 0.181. The summed E-state index contributed by atoms with van der Waals surface area (Å²) in [7, 11) is 2.08. The Morgan fingerprint density at radius 2 is 1.86 bits per heavy atom. The van der Waals surface area contributed by atoms with Crippen molar-refractivity contribution in [3.63, 3.8) is 0 Å². The third kappa shape index (κ3) is 3.72. The number of ether oxygens (including phenoxy) is 1. The number of benzene rings is 1. The Hall–Kier alpha value is -2.14. The highest BCUT2D eigenvalue weighted by atomic mass is 19.1. The number of nitrogens with two attached hydrogens (primary N) is 1. The van der Waals surface area contributed by atoms with Crippen LogP contribution in [0.5, 0.6) is 5.75 Å². The summed E-state index contributed by atoms with van der Waals surface area (Å²) in [6.07, 6.45) is 14.7. The fourth-order valence-electron chi connectivity index (χ4n) is 5.13. The standard InChI is InChI=1S/C23H31FN3O/c1-26-12-13-27(18-26)17-22-6-9-23(10-7-22,11-8-22)20-2-4-21(5-3-20)28-16-19(14-24)15-25/h2-5,12-14,18H,6-11,15-17,25H2,1H3/q+1/b19-14+. The van der Waals surface area contributed by atoms with Crippen LogP contribution in [0.2, 0.25) is 0 Å². The van der Waals surface area contributed by atoms with Gasteiger partial charge in [0.15, 0.2) is 0 Å². The molecule has 0 saturated heterocycles. The van der Waals surface area contributed by atoms with Gasteiger partial charge in [0, 0.05) is 17.5 Å². The van der Waals surface area contributed by atoms with Crippen molar-refractivity contribution in [2.75, 3.05) is 13.2 Å². The molecule has 0 spiro atoms. The van der Waals surface area contributed by atoms with Gasteiger partial charge in [-0.25, -0.2) is 13.5 Å². The first kappa shape index (κ1) is 19.2. The fraction of sp³-hybridized carbons (Fsp3) is 0.522. The van der Waals surface area contributed by atoms with Gasteiger partial charge in [-0.3, -0.25) is 0 Å². The number of aryl methyl sites for hydroxylation is 1. The normalized spacial score (nSPS) is 27.2. The predicted molar refractivity (Wildman–Crippen MR) is 108 cm³/mol. The maximum Gasteiger partial charge on any atom is 0.243 e. The van der Waals surface area contributed by atoms with Crippen molar-refractivity contribution in [1.29, 1.82) is 0 Å². The second-order valence-electron chi connectivity index (χ2n) is 8.82. The molecule has 0 aliphatic heterocycles. The van der Waals surface area contributed by atoms with Crippen LogP contribution in [0.1, 0.15) is 44.1 Å². The molecule has 1 aromatic heterocycles. The maximum atomic E-state index is 12.6. The van der Waals surface area contributed by atoms with Crippen LogP contribution in [0.3, 0.4) is 0 Å². The number of imidazole rings is 1. The molecular weight excluding hydrogens is 353 g/mol. The molecule has 1 aromatic carbocycles. The molecule has 1 heterocycles. The molecule has 2 bridgehead atoms. The van der Waals surface area contributed by atoms with Crippen LogP contribution >= 0.6 is 0 Å². The minimum absolute atomic E-state index is 0.181. The second-order valence-corrected chi connectivity index (χ2v) is 8.82. The predicted octanol–water partition coefficient (Wildman–Crippen LogP) is 3.80. The number of hydrogen-bond donors (Lipinski definition) is 1. The third-order valence-electron chi connectivity index (χ3n) is 7.05. The van der Waals surface area contributed by atoms with Crippen LogP contribution in [0.25, 0.3) is 0 Å². The van der Waals surface area contributed by atoms with E-state index in [2.05, 4.69) is 47.0 Å². The van der Waals surface area contributed by atoms with Gasteiger partial charge in [-0.2, -0.15) is 0 Å². The average Bonchev–Trinajstić information content (AvgIpc) is 3.14. The molecule has 3 aliphatic carbocycles. The zero-order chi connectivity index (χ0) is 19.6. The molecule has 4 nitrogen and oxygen atoms in total. The molecule has 0 atom stereocenters. The quantitative estimate of drug-likeness (QED) is 0.738. The van der Waals surface area contributed by atoms with Gasteiger partial charge in [-0.15, -0.1) is 0 Å². The Bertz CT molecular complexity index is 815. The van der Waals surface area contributed by atoms with E-state index >= 15 is 0 Å². The van der Waals surface area contributed by atoms with Crippen LogP contribution in [0.4, 0.5) is 4.39 Å². The maximum absolute atomic E-state index is 12.6. The molecule has 2 N–H and O–H groups in total. The molecule has 3 fully saturated rings.